The van der Waals surface area contributed by atoms with Gasteiger partial charge in [-0.05, 0) is 44.5 Å². The van der Waals surface area contributed by atoms with Crippen molar-refractivity contribution in [3.63, 3.8) is 0 Å². The molecule has 0 unspecified atom stereocenters. The molecule has 3 heterocycles. The molecule has 0 spiro atoms. The van der Waals surface area contributed by atoms with E-state index >= 15 is 0 Å². The van der Waals surface area contributed by atoms with Crippen molar-refractivity contribution >= 4 is 16.9 Å². The van der Waals surface area contributed by atoms with Gasteiger partial charge in [0.15, 0.2) is 11.4 Å². The lowest BCUT2D eigenvalue weighted by Gasteiger charge is -2.22. The van der Waals surface area contributed by atoms with E-state index < -0.39 is 0 Å². The molecule has 0 fully saturated rings. The average Bonchev–Trinajstić information content (AvgIpc) is 3.41. The fourth-order valence-corrected chi connectivity index (χ4v) is 3.42. The maximum Gasteiger partial charge on any atom is 0.255 e. The molecule has 0 saturated carbocycles. The molecule has 1 amide bonds. The molecule has 4 aromatic rings. The molecule has 0 N–H and O–H groups in total. The Morgan fingerprint density at radius 3 is 2.62 bits per heavy atom. The highest BCUT2D eigenvalue weighted by molar-refractivity contribution is 6.06. The number of hydrogen-bond acceptors (Lipinski definition) is 4. The van der Waals surface area contributed by atoms with E-state index in [9.17, 15) is 4.79 Å². The van der Waals surface area contributed by atoms with Crippen LogP contribution in [-0.4, -0.2) is 32.1 Å². The topological polar surface area (TPSA) is 64.2 Å². The second-order valence-electron chi connectivity index (χ2n) is 7.26. The van der Waals surface area contributed by atoms with Gasteiger partial charge in [0.25, 0.3) is 5.91 Å². The molecule has 0 radical (unpaired) electrons. The predicted molar refractivity (Wildman–Crippen MR) is 112 cm³/mol. The first-order valence-electron chi connectivity index (χ1n) is 9.83. The summed E-state index contributed by atoms with van der Waals surface area (Å²) in [7, 11) is 0. The Hall–Kier alpha value is -3.41. The van der Waals surface area contributed by atoms with Crippen LogP contribution in [0.15, 0.2) is 65.4 Å². The number of rotatable bonds is 6. The van der Waals surface area contributed by atoms with E-state index in [0.717, 1.165) is 10.9 Å². The van der Waals surface area contributed by atoms with Gasteiger partial charge in [0.2, 0.25) is 0 Å². The van der Waals surface area contributed by atoms with Crippen LogP contribution in [0.2, 0.25) is 0 Å². The Kier molecular flexibility index (Phi) is 5.16. The van der Waals surface area contributed by atoms with Crippen LogP contribution in [0, 0.1) is 0 Å². The smallest absolute Gasteiger partial charge is 0.255 e. The van der Waals surface area contributed by atoms with Crippen LogP contribution in [0.4, 0.5) is 0 Å². The highest BCUT2D eigenvalue weighted by Crippen LogP contribution is 2.27. The SMILES string of the molecule is CCN(Cc1ccccc1)C(=O)c1cc(-c2ccco2)nc2c1cnn2C(C)C. The Labute approximate surface area is 169 Å². The van der Waals surface area contributed by atoms with E-state index in [-0.39, 0.29) is 11.9 Å². The summed E-state index contributed by atoms with van der Waals surface area (Å²) in [6, 6.07) is 15.6. The van der Waals surface area contributed by atoms with Gasteiger partial charge < -0.3 is 9.32 Å². The number of carbonyl (C=O) groups is 1. The van der Waals surface area contributed by atoms with Crippen molar-refractivity contribution in [3.05, 3.63) is 72.1 Å². The summed E-state index contributed by atoms with van der Waals surface area (Å²) in [5.41, 5.74) is 3.00. The summed E-state index contributed by atoms with van der Waals surface area (Å²) >= 11 is 0. The predicted octanol–water partition coefficient (Wildman–Crippen LogP) is 4.93. The van der Waals surface area contributed by atoms with Crippen LogP contribution in [-0.2, 0) is 6.54 Å². The number of hydrogen-bond donors (Lipinski definition) is 0. The normalized spacial score (nSPS) is 11.3. The number of pyridine rings is 1. The molecule has 4 rings (SSSR count). The fraction of sp³-hybridized carbons (Fsp3) is 0.261. The molecule has 6 nitrogen and oxygen atoms in total. The molecule has 0 aliphatic heterocycles. The largest absolute Gasteiger partial charge is 0.463 e. The van der Waals surface area contributed by atoms with Crippen LogP contribution in [0.3, 0.4) is 0 Å². The van der Waals surface area contributed by atoms with Crippen molar-refractivity contribution in [1.82, 2.24) is 19.7 Å². The maximum absolute atomic E-state index is 13.5. The third kappa shape index (κ3) is 3.66. The lowest BCUT2D eigenvalue weighted by Crippen LogP contribution is -2.30. The number of aromatic nitrogens is 3. The number of carbonyl (C=O) groups excluding carboxylic acids is 1. The van der Waals surface area contributed by atoms with Gasteiger partial charge in [-0.3, -0.25) is 4.79 Å². The molecular weight excluding hydrogens is 364 g/mol. The van der Waals surface area contributed by atoms with Crippen molar-refractivity contribution in [2.24, 2.45) is 0 Å². The van der Waals surface area contributed by atoms with E-state index in [1.807, 2.05) is 78.9 Å². The summed E-state index contributed by atoms with van der Waals surface area (Å²) in [4.78, 5) is 20.1. The van der Waals surface area contributed by atoms with Crippen LogP contribution in [0.1, 0.15) is 42.7 Å². The van der Waals surface area contributed by atoms with Gasteiger partial charge in [-0.1, -0.05) is 30.3 Å². The van der Waals surface area contributed by atoms with Crippen LogP contribution < -0.4 is 0 Å². The molecule has 3 aromatic heterocycles. The van der Waals surface area contributed by atoms with Crippen molar-refractivity contribution < 1.29 is 9.21 Å². The number of amides is 1. The van der Waals surface area contributed by atoms with Gasteiger partial charge in [-0.15, -0.1) is 0 Å². The van der Waals surface area contributed by atoms with E-state index in [2.05, 4.69) is 5.10 Å². The van der Waals surface area contributed by atoms with Gasteiger partial charge in [0.05, 0.1) is 23.4 Å². The summed E-state index contributed by atoms with van der Waals surface area (Å²) in [5, 5.41) is 5.24. The zero-order chi connectivity index (χ0) is 20.4. The lowest BCUT2D eigenvalue weighted by atomic mass is 10.1. The van der Waals surface area contributed by atoms with Gasteiger partial charge in [0.1, 0.15) is 5.69 Å². The molecule has 148 valence electrons. The van der Waals surface area contributed by atoms with Gasteiger partial charge in [-0.2, -0.15) is 5.10 Å². The molecule has 6 heteroatoms. The third-order valence-corrected chi connectivity index (χ3v) is 4.95. The minimum atomic E-state index is -0.0418. The van der Waals surface area contributed by atoms with Crippen molar-refractivity contribution in [3.8, 4) is 11.5 Å². The Balaban J connectivity index is 1.81. The summed E-state index contributed by atoms with van der Waals surface area (Å²) in [6.07, 6.45) is 3.34. The average molecular weight is 388 g/mol. The van der Waals surface area contributed by atoms with E-state index in [0.29, 0.717) is 35.8 Å². The Morgan fingerprint density at radius 1 is 1.17 bits per heavy atom. The molecule has 0 saturated heterocycles. The second-order valence-corrected chi connectivity index (χ2v) is 7.26. The van der Waals surface area contributed by atoms with E-state index in [4.69, 9.17) is 9.40 Å². The minimum absolute atomic E-state index is 0.0418. The first-order valence-corrected chi connectivity index (χ1v) is 9.83. The molecule has 0 atom stereocenters. The van der Waals surface area contributed by atoms with Gasteiger partial charge >= 0.3 is 0 Å². The quantitative estimate of drug-likeness (QED) is 0.470. The summed E-state index contributed by atoms with van der Waals surface area (Å²) < 4.78 is 7.38. The number of nitrogens with zero attached hydrogens (tertiary/aromatic N) is 4. The number of furan rings is 1. The molecule has 1 aromatic carbocycles. The zero-order valence-corrected chi connectivity index (χ0v) is 16.9. The van der Waals surface area contributed by atoms with Crippen LogP contribution in [0.5, 0.6) is 0 Å². The second kappa shape index (κ2) is 7.91. The lowest BCUT2D eigenvalue weighted by molar-refractivity contribution is 0.0754. The number of benzene rings is 1. The Morgan fingerprint density at radius 2 is 1.97 bits per heavy atom. The highest BCUT2D eigenvalue weighted by atomic mass is 16.3. The van der Waals surface area contributed by atoms with Gasteiger partial charge in [0, 0.05) is 19.1 Å². The summed E-state index contributed by atoms with van der Waals surface area (Å²) in [6.45, 7) is 7.23. The minimum Gasteiger partial charge on any atom is -0.463 e. The molecule has 0 bridgehead atoms. The molecule has 29 heavy (non-hydrogen) atoms. The van der Waals surface area contributed by atoms with Crippen molar-refractivity contribution in [1.29, 1.82) is 0 Å². The first kappa shape index (κ1) is 18.9. The molecule has 0 aliphatic carbocycles. The maximum atomic E-state index is 13.5. The van der Waals surface area contributed by atoms with Crippen molar-refractivity contribution in [2.75, 3.05) is 6.54 Å². The third-order valence-electron chi connectivity index (χ3n) is 4.95. The monoisotopic (exact) mass is 388 g/mol. The van der Waals surface area contributed by atoms with Crippen LogP contribution >= 0.6 is 0 Å². The highest BCUT2D eigenvalue weighted by Gasteiger charge is 2.22. The fourth-order valence-electron chi connectivity index (χ4n) is 3.42. The zero-order valence-electron chi connectivity index (χ0n) is 16.9. The van der Waals surface area contributed by atoms with Crippen molar-refractivity contribution in [2.45, 2.75) is 33.4 Å². The summed E-state index contributed by atoms with van der Waals surface area (Å²) in [5.74, 6) is 0.587. The first-order chi connectivity index (χ1) is 14.1. The van der Waals surface area contributed by atoms with Gasteiger partial charge in [-0.25, -0.2) is 9.67 Å². The molecule has 0 aliphatic rings. The van der Waals surface area contributed by atoms with E-state index in [1.165, 1.54) is 0 Å². The number of fused-ring (bicyclic) bond motifs is 1. The van der Waals surface area contributed by atoms with E-state index in [1.54, 1.807) is 12.5 Å². The standard InChI is InChI=1S/C23H24N4O2/c1-4-26(15-17-9-6-5-7-10-17)23(28)18-13-20(21-11-8-12-29-21)25-22-19(18)14-24-27(22)16(2)3/h5-14,16H,4,15H2,1-3H3. The van der Waals surface area contributed by atoms with Crippen LogP contribution in [0.25, 0.3) is 22.5 Å². The molecular formula is C23H24N4O2. The Bertz CT molecular complexity index is 1110.